The molecule has 1 aromatic heterocycles. The Balaban J connectivity index is 1.73. The monoisotopic (exact) mass is 291 g/mol. The van der Waals surface area contributed by atoms with Gasteiger partial charge in [0, 0.05) is 13.0 Å². The first-order valence-corrected chi connectivity index (χ1v) is 7.61. The van der Waals surface area contributed by atoms with Gasteiger partial charge in [-0.3, -0.25) is 9.59 Å². The Hall–Kier alpha value is -1.78. The minimum atomic E-state index is -0.827. The maximum Gasteiger partial charge on any atom is 0.310 e. The van der Waals surface area contributed by atoms with Gasteiger partial charge in [-0.2, -0.15) is 0 Å². The molecule has 1 aliphatic heterocycles. The minimum absolute atomic E-state index is 0.0304. The maximum absolute atomic E-state index is 12.6. The number of hydrogen-bond donors (Lipinski definition) is 1. The SMILES string of the molecule is Cc1ccc(C2CCCN2C(=O)CC2(C(=O)O)CCC2)o1. The summed E-state index contributed by atoms with van der Waals surface area (Å²) in [4.78, 5) is 25.8. The van der Waals surface area contributed by atoms with Crippen LogP contribution < -0.4 is 0 Å². The van der Waals surface area contributed by atoms with Crippen molar-refractivity contribution in [3.8, 4) is 0 Å². The largest absolute Gasteiger partial charge is 0.481 e. The molecule has 114 valence electrons. The Morgan fingerprint density at radius 2 is 2.14 bits per heavy atom. The van der Waals surface area contributed by atoms with Crippen LogP contribution in [0, 0.1) is 12.3 Å². The van der Waals surface area contributed by atoms with Crippen LogP contribution in [0.5, 0.6) is 0 Å². The van der Waals surface area contributed by atoms with E-state index >= 15 is 0 Å². The molecule has 1 saturated carbocycles. The molecule has 1 aromatic rings. The Labute approximate surface area is 123 Å². The number of carbonyl (C=O) groups is 2. The molecule has 2 aliphatic rings. The van der Waals surface area contributed by atoms with Crippen molar-refractivity contribution < 1.29 is 19.1 Å². The zero-order valence-electron chi connectivity index (χ0n) is 12.3. The van der Waals surface area contributed by atoms with E-state index in [1.54, 1.807) is 4.90 Å². The molecule has 1 atom stereocenters. The summed E-state index contributed by atoms with van der Waals surface area (Å²) in [5.41, 5.74) is -0.816. The Kier molecular flexibility index (Phi) is 3.51. The van der Waals surface area contributed by atoms with Gasteiger partial charge < -0.3 is 14.4 Å². The van der Waals surface area contributed by atoms with Crippen molar-refractivity contribution in [2.75, 3.05) is 6.54 Å². The van der Waals surface area contributed by atoms with Gasteiger partial charge in [0.25, 0.3) is 0 Å². The number of hydrogen-bond acceptors (Lipinski definition) is 3. The van der Waals surface area contributed by atoms with Crippen LogP contribution in [-0.4, -0.2) is 28.4 Å². The molecule has 1 amide bonds. The van der Waals surface area contributed by atoms with Crippen LogP contribution in [0.2, 0.25) is 0 Å². The van der Waals surface area contributed by atoms with Gasteiger partial charge >= 0.3 is 5.97 Å². The van der Waals surface area contributed by atoms with E-state index in [4.69, 9.17) is 4.42 Å². The van der Waals surface area contributed by atoms with Crippen LogP contribution >= 0.6 is 0 Å². The van der Waals surface area contributed by atoms with Crippen molar-refractivity contribution in [2.24, 2.45) is 5.41 Å². The number of carboxylic acid groups (broad SMARTS) is 1. The first kappa shape index (κ1) is 14.2. The predicted molar refractivity (Wildman–Crippen MR) is 75.7 cm³/mol. The van der Waals surface area contributed by atoms with Crippen LogP contribution in [-0.2, 0) is 9.59 Å². The minimum Gasteiger partial charge on any atom is -0.481 e. The maximum atomic E-state index is 12.6. The molecular weight excluding hydrogens is 270 g/mol. The molecule has 3 rings (SSSR count). The third-order valence-electron chi connectivity index (χ3n) is 4.92. The molecule has 2 fully saturated rings. The Morgan fingerprint density at radius 3 is 2.67 bits per heavy atom. The van der Waals surface area contributed by atoms with Crippen molar-refractivity contribution in [2.45, 2.75) is 51.5 Å². The van der Waals surface area contributed by atoms with Gasteiger partial charge in [0.1, 0.15) is 11.5 Å². The van der Waals surface area contributed by atoms with E-state index in [0.29, 0.717) is 19.4 Å². The number of rotatable bonds is 4. The fourth-order valence-electron chi connectivity index (χ4n) is 3.45. The number of aliphatic carboxylic acids is 1. The van der Waals surface area contributed by atoms with E-state index in [2.05, 4.69) is 0 Å². The zero-order valence-corrected chi connectivity index (χ0v) is 12.3. The standard InChI is InChI=1S/C16H21NO4/c1-11-5-6-13(21-11)12-4-2-9-17(12)14(18)10-16(15(19)20)7-3-8-16/h5-6,12H,2-4,7-10H2,1H3,(H,19,20). The highest BCUT2D eigenvalue weighted by Gasteiger charge is 2.47. The summed E-state index contributed by atoms with van der Waals surface area (Å²) >= 11 is 0. The molecule has 5 heteroatoms. The van der Waals surface area contributed by atoms with E-state index < -0.39 is 11.4 Å². The number of nitrogens with zero attached hydrogens (tertiary/aromatic N) is 1. The summed E-state index contributed by atoms with van der Waals surface area (Å²) in [5.74, 6) is 0.780. The zero-order chi connectivity index (χ0) is 15.0. The number of carboxylic acids is 1. The fraction of sp³-hybridized carbons (Fsp3) is 0.625. The van der Waals surface area contributed by atoms with E-state index in [1.807, 2.05) is 19.1 Å². The predicted octanol–water partition coefficient (Wildman–Crippen LogP) is 2.90. The lowest BCUT2D eigenvalue weighted by Gasteiger charge is -2.38. The normalized spacial score (nSPS) is 23.9. The van der Waals surface area contributed by atoms with Crippen LogP contribution in [0.15, 0.2) is 16.5 Å². The molecule has 0 aromatic carbocycles. The number of aryl methyl sites for hydroxylation is 1. The second-order valence-corrected chi connectivity index (χ2v) is 6.31. The summed E-state index contributed by atoms with van der Waals surface area (Å²) < 4.78 is 5.66. The first-order chi connectivity index (χ1) is 10.0. The van der Waals surface area contributed by atoms with Gasteiger partial charge in [-0.15, -0.1) is 0 Å². The van der Waals surface area contributed by atoms with Crippen molar-refractivity contribution in [1.29, 1.82) is 0 Å². The van der Waals surface area contributed by atoms with Crippen LogP contribution in [0.25, 0.3) is 0 Å². The van der Waals surface area contributed by atoms with Crippen LogP contribution in [0.4, 0.5) is 0 Å². The quantitative estimate of drug-likeness (QED) is 0.926. The second-order valence-electron chi connectivity index (χ2n) is 6.31. The lowest BCUT2D eigenvalue weighted by molar-refractivity contribution is -0.159. The molecule has 1 N–H and O–H groups in total. The van der Waals surface area contributed by atoms with Gasteiger partial charge in [0.2, 0.25) is 5.91 Å². The molecule has 0 bridgehead atoms. The molecule has 1 aliphatic carbocycles. The summed E-state index contributed by atoms with van der Waals surface area (Å²) in [6, 6.07) is 3.79. The van der Waals surface area contributed by atoms with Gasteiger partial charge in [-0.1, -0.05) is 6.42 Å². The molecule has 1 saturated heterocycles. The average molecular weight is 291 g/mol. The fourth-order valence-corrected chi connectivity index (χ4v) is 3.45. The highest BCUT2D eigenvalue weighted by atomic mass is 16.4. The van der Waals surface area contributed by atoms with Crippen molar-refractivity contribution in [3.63, 3.8) is 0 Å². The summed E-state index contributed by atoms with van der Waals surface area (Å²) in [6.45, 7) is 2.58. The van der Waals surface area contributed by atoms with Gasteiger partial charge in [0.05, 0.1) is 11.5 Å². The van der Waals surface area contributed by atoms with E-state index in [-0.39, 0.29) is 18.4 Å². The molecule has 21 heavy (non-hydrogen) atoms. The summed E-state index contributed by atoms with van der Waals surface area (Å²) in [5, 5.41) is 9.37. The molecular formula is C16H21NO4. The third-order valence-corrected chi connectivity index (χ3v) is 4.92. The Bertz CT molecular complexity index is 558. The third kappa shape index (κ3) is 2.45. The van der Waals surface area contributed by atoms with Crippen LogP contribution in [0.3, 0.4) is 0 Å². The summed E-state index contributed by atoms with van der Waals surface area (Å²) in [7, 11) is 0. The molecule has 2 heterocycles. The average Bonchev–Trinajstić information content (AvgIpc) is 3.00. The second kappa shape index (κ2) is 5.20. The molecule has 0 spiro atoms. The highest BCUT2D eigenvalue weighted by Crippen LogP contribution is 2.45. The number of amides is 1. The van der Waals surface area contributed by atoms with E-state index in [9.17, 15) is 14.7 Å². The van der Waals surface area contributed by atoms with Gasteiger partial charge in [0.15, 0.2) is 0 Å². The van der Waals surface area contributed by atoms with Crippen molar-refractivity contribution in [3.05, 3.63) is 23.7 Å². The molecule has 1 unspecified atom stereocenters. The lowest BCUT2D eigenvalue weighted by Crippen LogP contribution is -2.43. The van der Waals surface area contributed by atoms with Crippen molar-refractivity contribution >= 4 is 11.9 Å². The first-order valence-electron chi connectivity index (χ1n) is 7.61. The topological polar surface area (TPSA) is 70.8 Å². The Morgan fingerprint density at radius 1 is 1.38 bits per heavy atom. The van der Waals surface area contributed by atoms with E-state index in [1.165, 1.54) is 0 Å². The van der Waals surface area contributed by atoms with Gasteiger partial charge in [-0.25, -0.2) is 0 Å². The number of furan rings is 1. The number of likely N-dealkylation sites (tertiary alicyclic amines) is 1. The van der Waals surface area contributed by atoms with E-state index in [0.717, 1.165) is 30.8 Å². The van der Waals surface area contributed by atoms with Crippen LogP contribution in [0.1, 0.15) is 56.1 Å². The smallest absolute Gasteiger partial charge is 0.310 e. The molecule has 5 nitrogen and oxygen atoms in total. The van der Waals surface area contributed by atoms with Gasteiger partial charge in [-0.05, 0) is 44.7 Å². The summed E-state index contributed by atoms with van der Waals surface area (Å²) in [6.07, 6.45) is 4.09. The molecule has 0 radical (unpaired) electrons. The highest BCUT2D eigenvalue weighted by molar-refractivity contribution is 5.86. The van der Waals surface area contributed by atoms with Crippen molar-refractivity contribution in [1.82, 2.24) is 4.90 Å². The number of carbonyl (C=O) groups excluding carboxylic acids is 1. The lowest BCUT2D eigenvalue weighted by atomic mass is 9.66.